The second-order valence-electron chi connectivity index (χ2n) is 4.28. The molecule has 2 aromatic rings. The van der Waals surface area contributed by atoms with Gasteiger partial charge < -0.3 is 5.32 Å². The van der Waals surface area contributed by atoms with Crippen LogP contribution >= 0.6 is 11.8 Å². The Kier molecular flexibility index (Phi) is 4.65. The summed E-state index contributed by atoms with van der Waals surface area (Å²) in [5.41, 5.74) is 2.42. The first-order valence-corrected chi connectivity index (χ1v) is 7.34. The molecule has 0 aliphatic rings. The lowest BCUT2D eigenvalue weighted by Gasteiger charge is -2.13. The minimum Gasteiger partial charge on any atom is -0.352 e. The highest BCUT2D eigenvalue weighted by molar-refractivity contribution is 7.99. The van der Waals surface area contributed by atoms with Gasteiger partial charge >= 0.3 is 0 Å². The summed E-state index contributed by atoms with van der Waals surface area (Å²) in [5, 5.41) is 12.4. The van der Waals surface area contributed by atoms with Crippen LogP contribution in [0.5, 0.6) is 0 Å². The topological polar surface area (TPSA) is 35.8 Å². The molecular weight excluding hydrogens is 271 g/mol. The Morgan fingerprint density at radius 3 is 2.65 bits per heavy atom. The summed E-state index contributed by atoms with van der Waals surface area (Å²) in [5.74, 6) is 0.569. The number of benzene rings is 2. The number of nitrogens with one attached hydrogen (secondary N) is 1. The van der Waals surface area contributed by atoms with Gasteiger partial charge in [-0.2, -0.15) is 5.26 Å². The number of hydrogen-bond acceptors (Lipinski definition) is 3. The molecule has 0 unspecified atom stereocenters. The van der Waals surface area contributed by atoms with Gasteiger partial charge in [0.05, 0.1) is 16.9 Å². The molecule has 0 aliphatic carbocycles. The van der Waals surface area contributed by atoms with E-state index in [0.717, 1.165) is 16.2 Å². The highest BCUT2D eigenvalue weighted by Gasteiger charge is 2.11. The summed E-state index contributed by atoms with van der Waals surface area (Å²) in [7, 11) is 0. The maximum atomic E-state index is 13.9. The molecule has 0 aliphatic heterocycles. The van der Waals surface area contributed by atoms with E-state index >= 15 is 0 Å². The lowest BCUT2D eigenvalue weighted by Crippen LogP contribution is -1.99. The van der Waals surface area contributed by atoms with E-state index in [1.54, 1.807) is 23.9 Å². The van der Waals surface area contributed by atoms with Gasteiger partial charge in [-0.3, -0.25) is 0 Å². The molecule has 0 amide bonds. The SMILES string of the molecule is CCSc1cccc(Nc2c(C)cccc2F)c1C#N. The molecule has 4 heteroatoms. The van der Waals surface area contributed by atoms with Gasteiger partial charge in [0.25, 0.3) is 0 Å². The summed E-state index contributed by atoms with van der Waals surface area (Å²) in [6, 6.07) is 12.7. The Morgan fingerprint density at radius 1 is 1.25 bits per heavy atom. The van der Waals surface area contributed by atoms with Gasteiger partial charge in [0, 0.05) is 4.90 Å². The van der Waals surface area contributed by atoms with Crippen molar-refractivity contribution >= 4 is 23.1 Å². The van der Waals surface area contributed by atoms with Crippen molar-refractivity contribution in [2.45, 2.75) is 18.7 Å². The molecule has 2 rings (SSSR count). The predicted octanol–water partition coefficient (Wildman–Crippen LogP) is 4.86. The number of rotatable bonds is 4. The number of para-hydroxylation sites is 1. The van der Waals surface area contributed by atoms with Crippen molar-refractivity contribution in [1.29, 1.82) is 5.26 Å². The second kappa shape index (κ2) is 6.44. The molecule has 0 heterocycles. The van der Waals surface area contributed by atoms with Crippen LogP contribution in [0.25, 0.3) is 0 Å². The van der Waals surface area contributed by atoms with Crippen LogP contribution in [0.3, 0.4) is 0 Å². The first-order chi connectivity index (χ1) is 9.67. The fourth-order valence-electron chi connectivity index (χ4n) is 1.95. The molecule has 0 saturated heterocycles. The van der Waals surface area contributed by atoms with Gasteiger partial charge in [-0.05, 0) is 36.4 Å². The van der Waals surface area contributed by atoms with Crippen LogP contribution in [0.2, 0.25) is 0 Å². The van der Waals surface area contributed by atoms with E-state index in [4.69, 9.17) is 0 Å². The van der Waals surface area contributed by atoms with Gasteiger partial charge in [0.1, 0.15) is 11.9 Å². The van der Waals surface area contributed by atoms with Crippen LogP contribution in [0, 0.1) is 24.1 Å². The molecule has 2 aromatic carbocycles. The average Bonchev–Trinajstić information content (AvgIpc) is 2.43. The van der Waals surface area contributed by atoms with E-state index in [1.807, 2.05) is 32.0 Å². The van der Waals surface area contributed by atoms with E-state index in [-0.39, 0.29) is 5.82 Å². The summed E-state index contributed by atoms with van der Waals surface area (Å²) in [4.78, 5) is 0.911. The number of thioether (sulfide) groups is 1. The fraction of sp³-hybridized carbons (Fsp3) is 0.188. The number of nitrogens with zero attached hydrogens (tertiary/aromatic N) is 1. The number of anilines is 2. The highest BCUT2D eigenvalue weighted by Crippen LogP contribution is 2.31. The first kappa shape index (κ1) is 14.4. The van der Waals surface area contributed by atoms with Crippen molar-refractivity contribution in [3.8, 4) is 6.07 Å². The highest BCUT2D eigenvalue weighted by atomic mass is 32.2. The summed E-state index contributed by atoms with van der Waals surface area (Å²) in [6.07, 6.45) is 0. The molecule has 0 aromatic heterocycles. The second-order valence-corrected chi connectivity index (χ2v) is 5.59. The number of halogens is 1. The number of aryl methyl sites for hydroxylation is 1. The van der Waals surface area contributed by atoms with E-state index in [1.165, 1.54) is 6.07 Å². The standard InChI is InChI=1S/C16H15FN2S/c1-3-20-15-9-5-8-14(12(15)10-18)19-16-11(2)6-4-7-13(16)17/h4-9,19H,3H2,1-2H3. The third-order valence-electron chi connectivity index (χ3n) is 2.92. The first-order valence-electron chi connectivity index (χ1n) is 6.35. The van der Waals surface area contributed by atoms with E-state index in [2.05, 4.69) is 11.4 Å². The van der Waals surface area contributed by atoms with E-state index in [9.17, 15) is 9.65 Å². The van der Waals surface area contributed by atoms with Crippen molar-refractivity contribution in [2.75, 3.05) is 11.1 Å². The Balaban J connectivity index is 2.44. The molecule has 102 valence electrons. The van der Waals surface area contributed by atoms with Crippen LogP contribution in [0.4, 0.5) is 15.8 Å². The summed E-state index contributed by atoms with van der Waals surface area (Å²) < 4.78 is 13.9. The van der Waals surface area contributed by atoms with Crippen molar-refractivity contribution in [3.63, 3.8) is 0 Å². The number of nitriles is 1. The van der Waals surface area contributed by atoms with E-state index < -0.39 is 0 Å². The molecule has 0 atom stereocenters. The average molecular weight is 286 g/mol. The van der Waals surface area contributed by atoms with Crippen molar-refractivity contribution in [2.24, 2.45) is 0 Å². The van der Waals surface area contributed by atoms with Crippen molar-refractivity contribution in [1.82, 2.24) is 0 Å². The summed E-state index contributed by atoms with van der Waals surface area (Å²) >= 11 is 1.60. The normalized spacial score (nSPS) is 10.1. The zero-order valence-corrected chi connectivity index (χ0v) is 12.2. The zero-order valence-electron chi connectivity index (χ0n) is 11.4. The Labute approximate surface area is 122 Å². The maximum Gasteiger partial charge on any atom is 0.146 e. The molecule has 0 fully saturated rings. The van der Waals surface area contributed by atoms with Gasteiger partial charge in [0.2, 0.25) is 0 Å². The zero-order chi connectivity index (χ0) is 14.5. The molecule has 2 nitrogen and oxygen atoms in total. The third-order valence-corrected chi connectivity index (χ3v) is 3.86. The molecule has 0 saturated carbocycles. The number of hydrogen-bond donors (Lipinski definition) is 1. The fourth-order valence-corrected chi connectivity index (χ4v) is 2.74. The lowest BCUT2D eigenvalue weighted by molar-refractivity contribution is 0.631. The lowest BCUT2D eigenvalue weighted by atomic mass is 10.1. The van der Waals surface area contributed by atoms with Crippen LogP contribution in [-0.2, 0) is 0 Å². The monoisotopic (exact) mass is 286 g/mol. The van der Waals surface area contributed by atoms with E-state index in [0.29, 0.717) is 16.9 Å². The van der Waals surface area contributed by atoms with Crippen LogP contribution in [0.1, 0.15) is 18.1 Å². The van der Waals surface area contributed by atoms with Crippen molar-refractivity contribution < 1.29 is 4.39 Å². The largest absolute Gasteiger partial charge is 0.352 e. The van der Waals surface area contributed by atoms with Crippen molar-refractivity contribution in [3.05, 3.63) is 53.3 Å². The maximum absolute atomic E-state index is 13.9. The third kappa shape index (κ3) is 2.94. The minimum atomic E-state index is -0.317. The molecule has 0 bridgehead atoms. The molecule has 20 heavy (non-hydrogen) atoms. The Morgan fingerprint density at radius 2 is 2.00 bits per heavy atom. The smallest absolute Gasteiger partial charge is 0.146 e. The molecule has 0 spiro atoms. The molecule has 1 N–H and O–H groups in total. The Hall–Kier alpha value is -1.99. The van der Waals surface area contributed by atoms with Gasteiger partial charge in [-0.15, -0.1) is 11.8 Å². The van der Waals surface area contributed by atoms with Gasteiger partial charge in [0.15, 0.2) is 0 Å². The van der Waals surface area contributed by atoms with Crippen LogP contribution < -0.4 is 5.32 Å². The molecule has 0 radical (unpaired) electrons. The van der Waals surface area contributed by atoms with Crippen LogP contribution in [0.15, 0.2) is 41.3 Å². The quantitative estimate of drug-likeness (QED) is 0.815. The minimum absolute atomic E-state index is 0.317. The Bertz CT molecular complexity index is 642. The predicted molar refractivity (Wildman–Crippen MR) is 82.0 cm³/mol. The molecular formula is C16H15FN2S. The van der Waals surface area contributed by atoms with Gasteiger partial charge in [-0.25, -0.2) is 4.39 Å². The van der Waals surface area contributed by atoms with Crippen LogP contribution in [-0.4, -0.2) is 5.75 Å². The van der Waals surface area contributed by atoms with Gasteiger partial charge in [-0.1, -0.05) is 25.1 Å². The summed E-state index contributed by atoms with van der Waals surface area (Å²) in [6.45, 7) is 3.87.